The standard InChI is InChI=1S/C9H6N2S3.C9H12O2/c10-5-12-6-13-9-11-7-3-1-2-4-8(7)14-9;10-7-4-8-11-9-5-2-1-3-6-9/h1-4H,6H2;1-3,5-6,10H,4,7-8H2. The molecule has 0 saturated heterocycles. The molecule has 1 aromatic heterocycles. The van der Waals surface area contributed by atoms with E-state index < -0.39 is 0 Å². The van der Waals surface area contributed by atoms with Crippen molar-refractivity contribution >= 4 is 45.1 Å². The van der Waals surface area contributed by atoms with E-state index >= 15 is 0 Å². The highest BCUT2D eigenvalue weighted by Gasteiger charge is 2.02. The van der Waals surface area contributed by atoms with E-state index in [1.54, 1.807) is 23.1 Å². The van der Waals surface area contributed by atoms with Crippen LogP contribution in [0.15, 0.2) is 58.9 Å². The summed E-state index contributed by atoms with van der Waals surface area (Å²) in [5, 5.41) is 19.6. The number of aliphatic hydroxyl groups is 1. The maximum Gasteiger partial charge on any atom is 0.151 e. The van der Waals surface area contributed by atoms with E-state index in [4.69, 9.17) is 15.1 Å². The third kappa shape index (κ3) is 7.36. The van der Waals surface area contributed by atoms with Gasteiger partial charge in [0.05, 0.1) is 21.9 Å². The van der Waals surface area contributed by atoms with Gasteiger partial charge in [-0.2, -0.15) is 5.26 Å². The van der Waals surface area contributed by atoms with Crippen molar-refractivity contribution in [2.75, 3.05) is 18.3 Å². The molecule has 0 amide bonds. The van der Waals surface area contributed by atoms with Gasteiger partial charge in [0.15, 0.2) is 4.34 Å². The SMILES string of the molecule is N#CSCSc1nc2ccccc2s1.OCCCOc1ccccc1. The van der Waals surface area contributed by atoms with Crippen LogP contribution >= 0.6 is 34.9 Å². The van der Waals surface area contributed by atoms with Crippen molar-refractivity contribution in [2.24, 2.45) is 0 Å². The molecule has 1 N–H and O–H groups in total. The lowest BCUT2D eigenvalue weighted by molar-refractivity contribution is 0.233. The number of fused-ring (bicyclic) bond motifs is 1. The quantitative estimate of drug-likeness (QED) is 0.265. The van der Waals surface area contributed by atoms with Crippen molar-refractivity contribution in [3.63, 3.8) is 0 Å². The molecular formula is C18H18N2O2S3. The minimum absolute atomic E-state index is 0.187. The van der Waals surface area contributed by atoms with Crippen LogP contribution in [0.3, 0.4) is 0 Å². The van der Waals surface area contributed by atoms with Gasteiger partial charge in [-0.05, 0) is 36.0 Å². The molecule has 7 heteroatoms. The molecule has 25 heavy (non-hydrogen) atoms. The summed E-state index contributed by atoms with van der Waals surface area (Å²) in [7, 11) is 0. The zero-order valence-electron chi connectivity index (χ0n) is 13.5. The molecule has 130 valence electrons. The monoisotopic (exact) mass is 390 g/mol. The lowest BCUT2D eigenvalue weighted by atomic mass is 10.3. The molecule has 0 saturated carbocycles. The van der Waals surface area contributed by atoms with E-state index in [0.717, 1.165) is 20.7 Å². The zero-order chi connectivity index (χ0) is 17.7. The van der Waals surface area contributed by atoms with Crippen molar-refractivity contribution in [3.8, 4) is 11.2 Å². The zero-order valence-corrected chi connectivity index (χ0v) is 15.9. The largest absolute Gasteiger partial charge is 0.494 e. The lowest BCUT2D eigenvalue weighted by Gasteiger charge is -2.02. The van der Waals surface area contributed by atoms with Crippen molar-refractivity contribution < 1.29 is 9.84 Å². The highest BCUT2D eigenvalue weighted by atomic mass is 32.2. The summed E-state index contributed by atoms with van der Waals surface area (Å²) < 4.78 is 7.53. The Bertz CT molecular complexity index is 755. The highest BCUT2D eigenvalue weighted by molar-refractivity contribution is 8.18. The van der Waals surface area contributed by atoms with Gasteiger partial charge in [-0.3, -0.25) is 0 Å². The molecule has 0 spiro atoms. The Morgan fingerprint density at radius 2 is 1.88 bits per heavy atom. The molecule has 0 fully saturated rings. The van der Waals surface area contributed by atoms with Crippen molar-refractivity contribution in [1.29, 1.82) is 5.26 Å². The first-order valence-corrected chi connectivity index (χ1v) is 10.4. The van der Waals surface area contributed by atoms with Crippen LogP contribution < -0.4 is 4.74 Å². The van der Waals surface area contributed by atoms with Crippen molar-refractivity contribution in [1.82, 2.24) is 4.98 Å². The third-order valence-corrected chi connectivity index (χ3v) is 5.74. The molecule has 4 nitrogen and oxygen atoms in total. The lowest BCUT2D eigenvalue weighted by Crippen LogP contribution is -1.98. The molecule has 3 aromatic rings. The number of thiocyanates is 1. The smallest absolute Gasteiger partial charge is 0.151 e. The average Bonchev–Trinajstić information content (AvgIpc) is 3.06. The summed E-state index contributed by atoms with van der Waals surface area (Å²) in [4.78, 5) is 4.44. The number of hydrogen-bond donors (Lipinski definition) is 1. The van der Waals surface area contributed by atoms with Gasteiger partial charge in [-0.1, -0.05) is 42.1 Å². The number of ether oxygens (including phenoxy) is 1. The van der Waals surface area contributed by atoms with E-state index in [1.807, 2.05) is 53.9 Å². The van der Waals surface area contributed by atoms with Gasteiger partial charge >= 0.3 is 0 Å². The molecule has 2 aromatic carbocycles. The molecular weight excluding hydrogens is 372 g/mol. The van der Waals surface area contributed by atoms with Gasteiger partial charge in [0.25, 0.3) is 0 Å². The highest BCUT2D eigenvalue weighted by Crippen LogP contribution is 2.30. The third-order valence-electron chi connectivity index (χ3n) is 2.89. The summed E-state index contributed by atoms with van der Waals surface area (Å²) in [6, 6.07) is 17.7. The van der Waals surface area contributed by atoms with Crippen LogP contribution in [0, 0.1) is 10.7 Å². The van der Waals surface area contributed by atoms with Crippen LogP contribution in [0.2, 0.25) is 0 Å². The maximum atomic E-state index is 8.46. The number of nitrogens with zero attached hydrogens (tertiary/aromatic N) is 2. The number of hydrogen-bond acceptors (Lipinski definition) is 7. The predicted molar refractivity (Wildman–Crippen MR) is 107 cm³/mol. The number of thioether (sulfide) groups is 2. The van der Waals surface area contributed by atoms with E-state index in [2.05, 4.69) is 11.1 Å². The Balaban J connectivity index is 0.000000186. The minimum Gasteiger partial charge on any atom is -0.494 e. The average molecular weight is 391 g/mol. The van der Waals surface area contributed by atoms with Gasteiger partial charge in [-0.25, -0.2) is 4.98 Å². The molecule has 1 heterocycles. The molecule has 0 aliphatic carbocycles. The van der Waals surface area contributed by atoms with Gasteiger partial charge in [0, 0.05) is 13.0 Å². The van der Waals surface area contributed by atoms with Gasteiger partial charge in [0.2, 0.25) is 0 Å². The van der Waals surface area contributed by atoms with Crippen molar-refractivity contribution in [2.45, 2.75) is 10.8 Å². The number of thiazole rings is 1. The molecule has 0 bridgehead atoms. The Morgan fingerprint density at radius 3 is 2.60 bits per heavy atom. The van der Waals surface area contributed by atoms with Crippen LogP contribution in [0.5, 0.6) is 5.75 Å². The fourth-order valence-electron chi connectivity index (χ4n) is 1.79. The fraction of sp³-hybridized carbons (Fsp3) is 0.222. The summed E-state index contributed by atoms with van der Waals surface area (Å²) in [6.07, 6.45) is 0.689. The van der Waals surface area contributed by atoms with Crippen LogP contribution in [0.25, 0.3) is 10.2 Å². The number of nitriles is 1. The minimum atomic E-state index is 0.187. The molecule has 0 aliphatic heterocycles. The first-order chi connectivity index (χ1) is 12.3. The summed E-state index contributed by atoms with van der Waals surface area (Å²) in [6.45, 7) is 0.771. The molecule has 0 aliphatic rings. The van der Waals surface area contributed by atoms with E-state index in [-0.39, 0.29) is 6.61 Å². The van der Waals surface area contributed by atoms with E-state index in [0.29, 0.717) is 13.0 Å². The van der Waals surface area contributed by atoms with Crippen molar-refractivity contribution in [3.05, 3.63) is 54.6 Å². The number of para-hydroxylation sites is 2. The van der Waals surface area contributed by atoms with Gasteiger partial charge in [-0.15, -0.1) is 11.3 Å². The number of rotatable bonds is 7. The second kappa shape index (κ2) is 11.8. The summed E-state index contributed by atoms with van der Waals surface area (Å²) in [5.74, 6) is 0.862. The Labute approximate surface area is 159 Å². The van der Waals surface area contributed by atoms with E-state index in [9.17, 15) is 0 Å². The molecule has 0 radical (unpaired) electrons. The second-order valence-electron chi connectivity index (χ2n) is 4.68. The van der Waals surface area contributed by atoms with Crippen LogP contribution in [0.4, 0.5) is 0 Å². The number of aliphatic hydroxyl groups excluding tert-OH is 1. The fourth-order valence-corrected chi connectivity index (χ4v) is 4.44. The maximum absolute atomic E-state index is 8.46. The Kier molecular flexibility index (Phi) is 9.23. The summed E-state index contributed by atoms with van der Waals surface area (Å²) in [5.41, 5.74) is 1.04. The summed E-state index contributed by atoms with van der Waals surface area (Å²) >= 11 is 4.54. The first kappa shape index (κ1) is 19.6. The normalized spacial score (nSPS) is 9.92. The Morgan fingerprint density at radius 1 is 1.12 bits per heavy atom. The van der Waals surface area contributed by atoms with Gasteiger partial charge in [0.1, 0.15) is 11.2 Å². The molecule has 0 unspecified atom stereocenters. The topological polar surface area (TPSA) is 66.1 Å². The molecule has 3 rings (SSSR count). The molecule has 0 atom stereocenters. The number of benzene rings is 2. The van der Waals surface area contributed by atoms with Gasteiger partial charge < -0.3 is 9.84 Å². The Hall–Kier alpha value is -1.72. The predicted octanol–water partition coefficient (Wildman–Crippen LogP) is 5.01. The number of aromatic nitrogens is 1. The van der Waals surface area contributed by atoms with E-state index in [1.165, 1.54) is 16.5 Å². The second-order valence-corrected chi connectivity index (χ2v) is 8.06. The first-order valence-electron chi connectivity index (χ1n) is 7.61. The van der Waals surface area contributed by atoms with Crippen LogP contribution in [-0.2, 0) is 0 Å². The van der Waals surface area contributed by atoms with Crippen LogP contribution in [-0.4, -0.2) is 28.4 Å². The van der Waals surface area contributed by atoms with Crippen LogP contribution in [0.1, 0.15) is 6.42 Å².